The van der Waals surface area contributed by atoms with E-state index in [0.29, 0.717) is 0 Å². The van der Waals surface area contributed by atoms with E-state index in [4.69, 9.17) is 11.6 Å². The highest BCUT2D eigenvalue weighted by molar-refractivity contribution is 14.1. The van der Waals surface area contributed by atoms with Gasteiger partial charge in [0.1, 0.15) is 0 Å². The van der Waals surface area contributed by atoms with E-state index in [1.54, 1.807) is 0 Å². The van der Waals surface area contributed by atoms with Crippen molar-refractivity contribution in [1.29, 1.82) is 0 Å². The minimum atomic E-state index is -0.537. The number of hydrogen-bond acceptors (Lipinski definition) is 1. The molecule has 0 bridgehead atoms. The van der Waals surface area contributed by atoms with Gasteiger partial charge in [-0.15, -0.1) is 11.6 Å². The number of halogens is 2. The van der Waals surface area contributed by atoms with E-state index in [1.165, 1.54) is 0 Å². The van der Waals surface area contributed by atoms with E-state index in [1.807, 2.05) is 24.3 Å². The molecular weight excluding hydrogens is 274 g/mol. The van der Waals surface area contributed by atoms with Gasteiger partial charge in [0.05, 0.1) is 12.0 Å². The Balaban J connectivity index is 2.93. The summed E-state index contributed by atoms with van der Waals surface area (Å²) in [6, 6.07) is 7.67. The smallest absolute Gasteiger partial charge is 0.0935 e. The molecule has 1 aromatic carbocycles. The van der Waals surface area contributed by atoms with Gasteiger partial charge in [0.25, 0.3) is 0 Å². The molecule has 0 fully saturated rings. The van der Waals surface area contributed by atoms with Crippen molar-refractivity contribution in [2.45, 2.75) is 6.10 Å². The van der Waals surface area contributed by atoms with E-state index < -0.39 is 6.10 Å². The zero-order valence-corrected chi connectivity index (χ0v) is 8.71. The van der Waals surface area contributed by atoms with Crippen LogP contribution in [-0.2, 0) is 0 Å². The molecule has 3 heteroatoms. The third-order valence-electron chi connectivity index (χ3n) is 1.41. The SMILES string of the molecule is O[C@@H](CCl)c1ccccc1I. The van der Waals surface area contributed by atoms with E-state index in [0.717, 1.165) is 9.13 Å². The summed E-state index contributed by atoms with van der Waals surface area (Å²) in [6.45, 7) is 0. The normalized spacial score (nSPS) is 13.0. The minimum Gasteiger partial charge on any atom is -0.387 e. The zero-order valence-electron chi connectivity index (χ0n) is 5.80. The van der Waals surface area contributed by atoms with Crippen LogP contribution >= 0.6 is 34.2 Å². The summed E-state index contributed by atoms with van der Waals surface area (Å²) in [7, 11) is 0. The topological polar surface area (TPSA) is 20.2 Å². The number of aliphatic hydroxyl groups excluding tert-OH is 1. The van der Waals surface area contributed by atoms with Crippen LogP contribution in [-0.4, -0.2) is 11.0 Å². The van der Waals surface area contributed by atoms with Crippen molar-refractivity contribution >= 4 is 34.2 Å². The molecule has 0 aromatic heterocycles. The number of benzene rings is 1. The van der Waals surface area contributed by atoms with Gasteiger partial charge in [-0.05, 0) is 34.2 Å². The summed E-state index contributed by atoms with van der Waals surface area (Å²) in [5.41, 5.74) is 0.906. The summed E-state index contributed by atoms with van der Waals surface area (Å²) < 4.78 is 1.05. The standard InChI is InChI=1S/C8H8ClIO/c9-5-8(11)6-3-1-2-4-7(6)10/h1-4,8,11H,5H2/t8-/m0/s1. The predicted octanol–water partition coefficient (Wildman–Crippen LogP) is 2.56. The van der Waals surface area contributed by atoms with E-state index in [2.05, 4.69) is 22.6 Å². The molecule has 1 nitrogen and oxygen atoms in total. The molecule has 0 aliphatic rings. The van der Waals surface area contributed by atoms with Gasteiger partial charge in [-0.1, -0.05) is 18.2 Å². The quantitative estimate of drug-likeness (QED) is 0.653. The summed E-state index contributed by atoms with van der Waals surface area (Å²) in [4.78, 5) is 0. The first kappa shape index (κ1) is 9.29. The average molecular weight is 283 g/mol. The van der Waals surface area contributed by atoms with Crippen LogP contribution in [0.4, 0.5) is 0 Å². The number of rotatable bonds is 2. The Morgan fingerprint density at radius 2 is 2.09 bits per heavy atom. The maximum atomic E-state index is 9.37. The van der Waals surface area contributed by atoms with Gasteiger partial charge in [0.2, 0.25) is 0 Å². The second-order valence-corrected chi connectivity index (χ2v) is 3.66. The molecule has 60 valence electrons. The third-order valence-corrected chi connectivity index (χ3v) is 2.69. The first-order chi connectivity index (χ1) is 5.25. The van der Waals surface area contributed by atoms with Crippen molar-refractivity contribution in [1.82, 2.24) is 0 Å². The minimum absolute atomic E-state index is 0.250. The summed E-state index contributed by atoms with van der Waals surface area (Å²) in [5.74, 6) is 0.250. The first-order valence-electron chi connectivity index (χ1n) is 3.24. The zero-order chi connectivity index (χ0) is 8.27. The Labute approximate surface area is 84.5 Å². The maximum absolute atomic E-state index is 9.37. The number of alkyl halides is 1. The fourth-order valence-electron chi connectivity index (χ4n) is 0.828. The molecule has 11 heavy (non-hydrogen) atoms. The fraction of sp³-hybridized carbons (Fsp3) is 0.250. The Morgan fingerprint density at radius 1 is 1.45 bits per heavy atom. The van der Waals surface area contributed by atoms with Gasteiger partial charge in [-0.25, -0.2) is 0 Å². The van der Waals surface area contributed by atoms with Crippen LogP contribution in [0.3, 0.4) is 0 Å². The van der Waals surface area contributed by atoms with Gasteiger partial charge in [0, 0.05) is 3.57 Å². The third kappa shape index (κ3) is 2.32. The Hall–Kier alpha value is 0.200. The molecular formula is C8H8ClIO. The van der Waals surface area contributed by atoms with Gasteiger partial charge in [-0.2, -0.15) is 0 Å². The summed E-state index contributed by atoms with van der Waals surface area (Å²) in [6.07, 6.45) is -0.537. The lowest BCUT2D eigenvalue weighted by Gasteiger charge is -2.08. The second-order valence-electron chi connectivity index (χ2n) is 2.19. The predicted molar refractivity (Wildman–Crippen MR) is 54.8 cm³/mol. The lowest BCUT2D eigenvalue weighted by molar-refractivity contribution is 0.202. The molecule has 0 aliphatic heterocycles. The number of aliphatic hydroxyl groups is 1. The van der Waals surface area contributed by atoms with E-state index in [-0.39, 0.29) is 5.88 Å². The fourth-order valence-corrected chi connectivity index (χ4v) is 1.74. The highest BCUT2D eigenvalue weighted by Crippen LogP contribution is 2.20. The summed E-state index contributed by atoms with van der Waals surface area (Å²) >= 11 is 7.69. The lowest BCUT2D eigenvalue weighted by Crippen LogP contribution is -2.00. The molecule has 0 radical (unpaired) electrons. The van der Waals surface area contributed by atoms with Crippen LogP contribution in [0.25, 0.3) is 0 Å². The number of hydrogen-bond donors (Lipinski definition) is 1. The average Bonchev–Trinajstić information content (AvgIpc) is 2.04. The Kier molecular flexibility index (Phi) is 3.62. The van der Waals surface area contributed by atoms with Crippen molar-refractivity contribution < 1.29 is 5.11 Å². The molecule has 1 aromatic rings. The highest BCUT2D eigenvalue weighted by Gasteiger charge is 2.07. The van der Waals surface area contributed by atoms with Crippen LogP contribution in [0, 0.1) is 3.57 Å². The molecule has 0 spiro atoms. The lowest BCUT2D eigenvalue weighted by atomic mass is 10.1. The monoisotopic (exact) mass is 282 g/mol. The molecule has 0 heterocycles. The molecule has 1 N–H and O–H groups in total. The highest BCUT2D eigenvalue weighted by atomic mass is 127. The van der Waals surface area contributed by atoms with Gasteiger partial charge in [0.15, 0.2) is 0 Å². The van der Waals surface area contributed by atoms with Crippen molar-refractivity contribution in [2.24, 2.45) is 0 Å². The molecule has 0 saturated heterocycles. The molecule has 1 rings (SSSR count). The maximum Gasteiger partial charge on any atom is 0.0935 e. The van der Waals surface area contributed by atoms with Crippen LogP contribution in [0.1, 0.15) is 11.7 Å². The molecule has 0 saturated carbocycles. The molecule has 0 aliphatic carbocycles. The van der Waals surface area contributed by atoms with Crippen LogP contribution in [0.15, 0.2) is 24.3 Å². The summed E-state index contributed by atoms with van der Waals surface area (Å²) in [5, 5.41) is 9.37. The van der Waals surface area contributed by atoms with E-state index in [9.17, 15) is 5.11 Å². The Bertz CT molecular complexity index is 239. The second kappa shape index (κ2) is 4.28. The van der Waals surface area contributed by atoms with Gasteiger partial charge >= 0.3 is 0 Å². The molecule has 0 amide bonds. The molecule has 0 unspecified atom stereocenters. The Morgan fingerprint density at radius 3 is 2.64 bits per heavy atom. The van der Waals surface area contributed by atoms with Gasteiger partial charge < -0.3 is 5.11 Å². The van der Waals surface area contributed by atoms with Crippen molar-refractivity contribution in [3.05, 3.63) is 33.4 Å². The van der Waals surface area contributed by atoms with Crippen LogP contribution in [0.5, 0.6) is 0 Å². The van der Waals surface area contributed by atoms with Crippen molar-refractivity contribution in [2.75, 3.05) is 5.88 Å². The van der Waals surface area contributed by atoms with Crippen LogP contribution in [0.2, 0.25) is 0 Å². The van der Waals surface area contributed by atoms with Crippen LogP contribution < -0.4 is 0 Å². The van der Waals surface area contributed by atoms with Gasteiger partial charge in [-0.3, -0.25) is 0 Å². The van der Waals surface area contributed by atoms with Crippen molar-refractivity contribution in [3.63, 3.8) is 0 Å². The van der Waals surface area contributed by atoms with E-state index >= 15 is 0 Å². The first-order valence-corrected chi connectivity index (χ1v) is 4.85. The van der Waals surface area contributed by atoms with Crippen molar-refractivity contribution in [3.8, 4) is 0 Å². The largest absolute Gasteiger partial charge is 0.387 e. The molecule has 1 atom stereocenters.